The van der Waals surface area contributed by atoms with Crippen molar-refractivity contribution in [1.29, 1.82) is 5.26 Å². The Morgan fingerprint density at radius 2 is 1.96 bits per heavy atom. The molecule has 0 aliphatic carbocycles. The van der Waals surface area contributed by atoms with E-state index in [0.717, 1.165) is 0 Å². The Labute approximate surface area is 133 Å². The van der Waals surface area contributed by atoms with E-state index >= 15 is 0 Å². The SMILES string of the molecule is COC(=O)[C@@H](Cc1ccccc1C#N)NC(=O)c1ccncc1. The third kappa shape index (κ3) is 4.14. The highest BCUT2D eigenvalue weighted by atomic mass is 16.5. The monoisotopic (exact) mass is 309 g/mol. The molecule has 2 rings (SSSR count). The first-order valence-electron chi connectivity index (χ1n) is 6.92. The Morgan fingerprint density at radius 3 is 2.61 bits per heavy atom. The molecule has 23 heavy (non-hydrogen) atoms. The summed E-state index contributed by atoms with van der Waals surface area (Å²) in [4.78, 5) is 28.0. The van der Waals surface area contributed by atoms with Crippen LogP contribution in [0.1, 0.15) is 21.5 Å². The Bertz CT molecular complexity index is 738. The second kappa shape index (κ2) is 7.71. The Hall–Kier alpha value is -3.20. The Balaban J connectivity index is 2.20. The molecule has 0 radical (unpaired) electrons. The average molecular weight is 309 g/mol. The van der Waals surface area contributed by atoms with Gasteiger partial charge in [-0.25, -0.2) is 4.79 Å². The molecule has 0 aliphatic rings. The van der Waals surface area contributed by atoms with Gasteiger partial charge >= 0.3 is 5.97 Å². The summed E-state index contributed by atoms with van der Waals surface area (Å²) in [6.45, 7) is 0. The summed E-state index contributed by atoms with van der Waals surface area (Å²) in [5.41, 5.74) is 1.52. The van der Waals surface area contributed by atoms with Crippen LogP contribution >= 0.6 is 0 Å². The number of ether oxygens (including phenoxy) is 1. The molecule has 0 bridgehead atoms. The number of rotatable bonds is 5. The number of hydrogen-bond donors (Lipinski definition) is 1. The van der Waals surface area contributed by atoms with Gasteiger partial charge in [0.05, 0.1) is 18.7 Å². The van der Waals surface area contributed by atoms with Gasteiger partial charge < -0.3 is 10.1 Å². The number of nitrogens with zero attached hydrogens (tertiary/aromatic N) is 2. The van der Waals surface area contributed by atoms with Crippen molar-refractivity contribution in [1.82, 2.24) is 10.3 Å². The van der Waals surface area contributed by atoms with Gasteiger partial charge in [0.1, 0.15) is 6.04 Å². The fourth-order valence-electron chi connectivity index (χ4n) is 2.11. The number of esters is 1. The minimum absolute atomic E-state index is 0.174. The quantitative estimate of drug-likeness (QED) is 0.844. The first kappa shape index (κ1) is 16.2. The van der Waals surface area contributed by atoms with Crippen molar-refractivity contribution in [3.8, 4) is 6.07 Å². The summed E-state index contributed by atoms with van der Waals surface area (Å²) in [5, 5.41) is 11.8. The van der Waals surface area contributed by atoms with Crippen LogP contribution in [0.3, 0.4) is 0 Å². The number of nitrogens with one attached hydrogen (secondary N) is 1. The molecule has 0 spiro atoms. The molecule has 1 aromatic heterocycles. The van der Waals surface area contributed by atoms with Crippen molar-refractivity contribution < 1.29 is 14.3 Å². The van der Waals surface area contributed by atoms with E-state index in [4.69, 9.17) is 10.00 Å². The lowest BCUT2D eigenvalue weighted by atomic mass is 10.0. The van der Waals surface area contributed by atoms with E-state index in [2.05, 4.69) is 16.4 Å². The number of carbonyl (C=O) groups is 2. The zero-order chi connectivity index (χ0) is 16.7. The molecule has 1 N–H and O–H groups in total. The molecule has 1 heterocycles. The van der Waals surface area contributed by atoms with E-state index in [1.165, 1.54) is 19.5 Å². The lowest BCUT2D eigenvalue weighted by Crippen LogP contribution is -2.43. The van der Waals surface area contributed by atoms with E-state index < -0.39 is 17.9 Å². The van der Waals surface area contributed by atoms with Gasteiger partial charge in [0.25, 0.3) is 5.91 Å². The maximum absolute atomic E-state index is 12.2. The minimum atomic E-state index is -0.879. The molecule has 1 aromatic carbocycles. The molecule has 2 aromatic rings. The van der Waals surface area contributed by atoms with E-state index in [1.54, 1.807) is 36.4 Å². The normalized spacial score (nSPS) is 11.1. The number of aromatic nitrogens is 1. The molecular weight excluding hydrogens is 294 g/mol. The average Bonchev–Trinajstić information content (AvgIpc) is 2.61. The van der Waals surface area contributed by atoms with Crippen LogP contribution in [0.4, 0.5) is 0 Å². The Kier molecular flexibility index (Phi) is 5.42. The first-order chi connectivity index (χ1) is 11.2. The smallest absolute Gasteiger partial charge is 0.328 e. The predicted molar refractivity (Wildman–Crippen MR) is 82.4 cm³/mol. The van der Waals surface area contributed by atoms with Gasteiger partial charge in [-0.2, -0.15) is 5.26 Å². The van der Waals surface area contributed by atoms with Gasteiger partial charge in [0.2, 0.25) is 0 Å². The molecule has 0 saturated carbocycles. The van der Waals surface area contributed by atoms with Crippen molar-refractivity contribution in [2.24, 2.45) is 0 Å². The molecule has 0 unspecified atom stereocenters. The molecular formula is C17H15N3O3. The van der Waals surface area contributed by atoms with Gasteiger partial charge in [-0.15, -0.1) is 0 Å². The molecule has 116 valence electrons. The van der Waals surface area contributed by atoms with Gasteiger partial charge in [0.15, 0.2) is 0 Å². The number of amides is 1. The van der Waals surface area contributed by atoms with Crippen LogP contribution in [-0.2, 0) is 16.0 Å². The zero-order valence-corrected chi connectivity index (χ0v) is 12.5. The van der Waals surface area contributed by atoms with Crippen LogP contribution in [0.15, 0.2) is 48.8 Å². The molecule has 1 atom stereocenters. The first-order valence-corrected chi connectivity index (χ1v) is 6.92. The summed E-state index contributed by atoms with van der Waals surface area (Å²) >= 11 is 0. The summed E-state index contributed by atoms with van der Waals surface area (Å²) in [6.07, 6.45) is 3.16. The Morgan fingerprint density at radius 1 is 1.26 bits per heavy atom. The molecule has 6 heteroatoms. The summed E-state index contributed by atoms with van der Waals surface area (Å²) < 4.78 is 4.75. The minimum Gasteiger partial charge on any atom is -0.467 e. The number of methoxy groups -OCH3 is 1. The maximum Gasteiger partial charge on any atom is 0.328 e. The predicted octanol–water partition coefficient (Wildman–Crippen LogP) is 1.47. The molecule has 0 aliphatic heterocycles. The van der Waals surface area contributed by atoms with E-state index in [0.29, 0.717) is 16.7 Å². The molecule has 1 amide bonds. The summed E-state index contributed by atoms with van der Waals surface area (Å²) in [5.74, 6) is -0.975. The molecule has 0 saturated heterocycles. The van der Waals surface area contributed by atoms with E-state index in [1.807, 2.05) is 0 Å². The summed E-state index contributed by atoms with van der Waals surface area (Å²) in [7, 11) is 1.25. The van der Waals surface area contributed by atoms with E-state index in [9.17, 15) is 9.59 Å². The largest absolute Gasteiger partial charge is 0.467 e. The van der Waals surface area contributed by atoms with Crippen molar-refractivity contribution in [3.05, 3.63) is 65.5 Å². The fraction of sp³-hybridized carbons (Fsp3) is 0.176. The number of nitriles is 1. The van der Waals surface area contributed by atoms with Crippen molar-refractivity contribution in [3.63, 3.8) is 0 Å². The standard InChI is InChI=1S/C17H15N3O3/c1-23-17(22)15(10-13-4-2-3-5-14(13)11-18)20-16(21)12-6-8-19-9-7-12/h2-9,15H,10H2,1H3,(H,20,21)/t15-/m1/s1. The second-order valence-electron chi connectivity index (χ2n) is 4.76. The van der Waals surface area contributed by atoms with Gasteiger partial charge in [-0.05, 0) is 23.8 Å². The topological polar surface area (TPSA) is 92.1 Å². The highest BCUT2D eigenvalue weighted by Gasteiger charge is 2.23. The number of carbonyl (C=O) groups excluding carboxylic acids is 2. The van der Waals surface area contributed by atoms with Crippen LogP contribution in [0.2, 0.25) is 0 Å². The second-order valence-corrected chi connectivity index (χ2v) is 4.76. The highest BCUT2D eigenvalue weighted by Crippen LogP contribution is 2.11. The van der Waals surface area contributed by atoms with Crippen LogP contribution in [-0.4, -0.2) is 30.0 Å². The van der Waals surface area contributed by atoms with Crippen LogP contribution in [0.25, 0.3) is 0 Å². The maximum atomic E-state index is 12.2. The van der Waals surface area contributed by atoms with Crippen LogP contribution in [0, 0.1) is 11.3 Å². The number of pyridine rings is 1. The van der Waals surface area contributed by atoms with Gasteiger partial charge in [-0.1, -0.05) is 18.2 Å². The van der Waals surface area contributed by atoms with Crippen LogP contribution < -0.4 is 5.32 Å². The van der Waals surface area contributed by atoms with E-state index in [-0.39, 0.29) is 6.42 Å². The fourth-order valence-corrected chi connectivity index (χ4v) is 2.11. The van der Waals surface area contributed by atoms with Crippen molar-refractivity contribution in [2.75, 3.05) is 7.11 Å². The van der Waals surface area contributed by atoms with Gasteiger partial charge in [0, 0.05) is 24.4 Å². The van der Waals surface area contributed by atoms with Crippen molar-refractivity contribution >= 4 is 11.9 Å². The number of benzene rings is 1. The molecule has 0 fully saturated rings. The number of hydrogen-bond acceptors (Lipinski definition) is 5. The lowest BCUT2D eigenvalue weighted by molar-refractivity contribution is -0.142. The molecule has 6 nitrogen and oxygen atoms in total. The highest BCUT2D eigenvalue weighted by molar-refractivity contribution is 5.96. The third-order valence-corrected chi connectivity index (χ3v) is 3.30. The van der Waals surface area contributed by atoms with Gasteiger partial charge in [-0.3, -0.25) is 9.78 Å². The van der Waals surface area contributed by atoms with Crippen LogP contribution in [0.5, 0.6) is 0 Å². The lowest BCUT2D eigenvalue weighted by Gasteiger charge is -2.17. The zero-order valence-electron chi connectivity index (χ0n) is 12.5. The summed E-state index contributed by atoms with van der Waals surface area (Å²) in [6, 6.07) is 11.2. The van der Waals surface area contributed by atoms with Crippen molar-refractivity contribution in [2.45, 2.75) is 12.5 Å². The third-order valence-electron chi connectivity index (χ3n) is 3.30.